The van der Waals surface area contributed by atoms with Gasteiger partial charge >= 0.3 is 0 Å². The van der Waals surface area contributed by atoms with Gasteiger partial charge in [-0.1, -0.05) is 11.8 Å². The maximum Gasteiger partial charge on any atom is 0.248 e. The van der Waals surface area contributed by atoms with E-state index in [1.54, 1.807) is 23.9 Å². The van der Waals surface area contributed by atoms with Crippen molar-refractivity contribution >= 4 is 28.5 Å². The molecule has 1 saturated heterocycles. The van der Waals surface area contributed by atoms with E-state index in [9.17, 15) is 4.79 Å². The Bertz CT molecular complexity index is 536. The minimum Gasteiger partial charge on any atom is -0.381 e. The second-order valence-electron chi connectivity index (χ2n) is 5.11. The summed E-state index contributed by atoms with van der Waals surface area (Å²) in [4.78, 5) is 15.8. The number of nitrogens with one attached hydrogen (secondary N) is 1. The van der Waals surface area contributed by atoms with Crippen LogP contribution in [0.15, 0.2) is 29.3 Å². The predicted octanol–water partition coefficient (Wildman–Crippen LogP) is 1.85. The average Bonchev–Trinajstić information content (AvgIpc) is 2.83. The summed E-state index contributed by atoms with van der Waals surface area (Å²) >= 11 is 1.74. The molecule has 3 N–H and O–H groups in total. The number of amides is 1. The first-order chi connectivity index (χ1) is 9.67. The van der Waals surface area contributed by atoms with Crippen molar-refractivity contribution in [2.24, 2.45) is 10.7 Å². The van der Waals surface area contributed by atoms with Gasteiger partial charge in [-0.3, -0.25) is 9.79 Å². The van der Waals surface area contributed by atoms with Crippen LogP contribution in [0.1, 0.15) is 23.2 Å². The molecule has 2 heterocycles. The van der Waals surface area contributed by atoms with Crippen LogP contribution in [0, 0.1) is 0 Å². The van der Waals surface area contributed by atoms with Gasteiger partial charge in [-0.05, 0) is 37.1 Å². The van der Waals surface area contributed by atoms with Gasteiger partial charge in [0.1, 0.15) is 0 Å². The quantitative estimate of drug-likeness (QED) is 0.872. The largest absolute Gasteiger partial charge is 0.381 e. The molecule has 0 atom stereocenters. The van der Waals surface area contributed by atoms with Crippen LogP contribution < -0.4 is 11.1 Å². The number of primary amides is 1. The summed E-state index contributed by atoms with van der Waals surface area (Å²) in [5, 5.41) is 4.24. The van der Waals surface area contributed by atoms with E-state index in [1.165, 1.54) is 0 Å². The third-order valence-electron chi connectivity index (χ3n) is 3.66. The molecule has 5 nitrogen and oxygen atoms in total. The third kappa shape index (κ3) is 2.81. The Kier molecular flexibility index (Phi) is 3.67. The standard InChI is InChI=1S/C14H17N3O2S/c15-12(18)10-1-3-11(4-2-10)16-13-17-14(9-20-13)5-7-19-8-6-14/h1-4H,5-9H2,(H2,15,18)(H,16,17). The first-order valence-corrected chi connectivity index (χ1v) is 7.63. The number of rotatable bonds is 2. The molecule has 6 heteroatoms. The van der Waals surface area contributed by atoms with E-state index >= 15 is 0 Å². The summed E-state index contributed by atoms with van der Waals surface area (Å²) in [6.07, 6.45) is 1.98. The van der Waals surface area contributed by atoms with Crippen LogP contribution in [0.25, 0.3) is 0 Å². The molecule has 0 aromatic heterocycles. The summed E-state index contributed by atoms with van der Waals surface area (Å²) in [7, 11) is 0. The lowest BCUT2D eigenvalue weighted by atomic mass is 9.93. The van der Waals surface area contributed by atoms with Gasteiger partial charge in [0.05, 0.1) is 5.54 Å². The number of amidine groups is 1. The monoisotopic (exact) mass is 291 g/mol. The Morgan fingerprint density at radius 1 is 1.30 bits per heavy atom. The highest BCUT2D eigenvalue weighted by Crippen LogP contribution is 2.36. The van der Waals surface area contributed by atoms with E-state index in [2.05, 4.69) is 5.32 Å². The molecule has 106 valence electrons. The smallest absolute Gasteiger partial charge is 0.248 e. The number of aliphatic imine (C=N–C) groups is 1. The van der Waals surface area contributed by atoms with Crippen molar-refractivity contribution in [3.05, 3.63) is 29.8 Å². The molecule has 1 fully saturated rings. The van der Waals surface area contributed by atoms with Crippen molar-refractivity contribution in [2.75, 3.05) is 24.3 Å². The zero-order valence-corrected chi connectivity index (χ0v) is 11.9. The molecule has 1 aromatic carbocycles. The highest BCUT2D eigenvalue weighted by atomic mass is 32.2. The second kappa shape index (κ2) is 5.46. The molecule has 20 heavy (non-hydrogen) atoms. The lowest BCUT2D eigenvalue weighted by Crippen LogP contribution is -2.34. The molecule has 0 saturated carbocycles. The minimum atomic E-state index is -0.412. The maximum absolute atomic E-state index is 11.0. The zero-order chi connectivity index (χ0) is 14.0. The van der Waals surface area contributed by atoms with E-state index in [4.69, 9.17) is 15.5 Å². The number of thioether (sulfide) groups is 1. The molecule has 3 rings (SSSR count). The number of hydrogen-bond acceptors (Lipinski definition) is 5. The van der Waals surface area contributed by atoms with Crippen LogP contribution in [0.3, 0.4) is 0 Å². The Hall–Kier alpha value is -1.53. The lowest BCUT2D eigenvalue weighted by molar-refractivity contribution is 0.0624. The topological polar surface area (TPSA) is 76.7 Å². The molecule has 2 aliphatic rings. The Morgan fingerprint density at radius 3 is 2.65 bits per heavy atom. The minimum absolute atomic E-state index is 0.0540. The fraction of sp³-hybridized carbons (Fsp3) is 0.429. The van der Waals surface area contributed by atoms with E-state index < -0.39 is 5.91 Å². The number of nitrogens with zero attached hydrogens (tertiary/aromatic N) is 1. The van der Waals surface area contributed by atoms with Crippen molar-refractivity contribution in [3.8, 4) is 0 Å². The van der Waals surface area contributed by atoms with Gasteiger partial charge in [0.25, 0.3) is 0 Å². The van der Waals surface area contributed by atoms with E-state index in [-0.39, 0.29) is 5.54 Å². The molecule has 1 amide bonds. The van der Waals surface area contributed by atoms with E-state index in [0.29, 0.717) is 5.56 Å². The zero-order valence-electron chi connectivity index (χ0n) is 11.1. The average molecular weight is 291 g/mol. The van der Waals surface area contributed by atoms with Crippen LogP contribution in [-0.2, 0) is 4.74 Å². The molecular formula is C14H17N3O2S. The fourth-order valence-electron chi connectivity index (χ4n) is 2.40. The van der Waals surface area contributed by atoms with E-state index in [1.807, 2.05) is 12.1 Å². The van der Waals surface area contributed by atoms with Crippen LogP contribution in [0.5, 0.6) is 0 Å². The summed E-state index contributed by atoms with van der Waals surface area (Å²) in [5.74, 6) is 0.600. The Labute approximate surface area is 122 Å². The molecule has 0 bridgehead atoms. The van der Waals surface area contributed by atoms with Gasteiger partial charge in [0, 0.05) is 30.2 Å². The second-order valence-corrected chi connectivity index (χ2v) is 6.07. The van der Waals surface area contributed by atoms with Crippen LogP contribution in [-0.4, -0.2) is 35.6 Å². The van der Waals surface area contributed by atoms with Gasteiger partial charge in [0.15, 0.2) is 5.17 Å². The van der Waals surface area contributed by atoms with Gasteiger partial charge in [0.2, 0.25) is 5.91 Å². The SMILES string of the molecule is NC(=O)c1ccc(NC2=NC3(CCOCC3)CS2)cc1. The summed E-state index contributed by atoms with van der Waals surface area (Å²) in [5.41, 5.74) is 6.71. The van der Waals surface area contributed by atoms with Gasteiger partial charge < -0.3 is 15.8 Å². The fourth-order valence-corrected chi connectivity index (χ4v) is 3.60. The molecule has 0 radical (unpaired) electrons. The number of ether oxygens (including phenoxy) is 1. The first-order valence-electron chi connectivity index (χ1n) is 6.64. The van der Waals surface area contributed by atoms with Gasteiger partial charge in [-0.2, -0.15) is 0 Å². The number of carbonyl (C=O) groups is 1. The van der Waals surface area contributed by atoms with Crippen LogP contribution in [0.2, 0.25) is 0 Å². The predicted molar refractivity (Wildman–Crippen MR) is 81.3 cm³/mol. The molecule has 1 aromatic rings. The molecule has 0 unspecified atom stereocenters. The highest BCUT2D eigenvalue weighted by molar-refractivity contribution is 8.14. The van der Waals surface area contributed by atoms with Crippen molar-refractivity contribution < 1.29 is 9.53 Å². The van der Waals surface area contributed by atoms with E-state index in [0.717, 1.165) is 42.7 Å². The van der Waals surface area contributed by atoms with Crippen LogP contribution in [0.4, 0.5) is 5.69 Å². The molecular weight excluding hydrogens is 274 g/mol. The lowest BCUT2D eigenvalue weighted by Gasteiger charge is -2.29. The van der Waals surface area contributed by atoms with Gasteiger partial charge in [-0.25, -0.2) is 0 Å². The molecule has 2 aliphatic heterocycles. The number of nitrogens with two attached hydrogens (primary N) is 1. The first kappa shape index (κ1) is 13.5. The van der Waals surface area contributed by atoms with Crippen molar-refractivity contribution in [1.29, 1.82) is 0 Å². The van der Waals surface area contributed by atoms with Crippen molar-refractivity contribution in [3.63, 3.8) is 0 Å². The maximum atomic E-state index is 11.0. The Morgan fingerprint density at radius 2 is 2.00 bits per heavy atom. The number of anilines is 1. The van der Waals surface area contributed by atoms with Gasteiger partial charge in [-0.15, -0.1) is 0 Å². The number of benzene rings is 1. The molecule has 0 aliphatic carbocycles. The highest BCUT2D eigenvalue weighted by Gasteiger charge is 2.37. The summed E-state index contributed by atoms with van der Waals surface area (Å²) in [6, 6.07) is 7.13. The number of hydrogen-bond donors (Lipinski definition) is 2. The Balaban J connectivity index is 1.69. The summed E-state index contributed by atoms with van der Waals surface area (Å²) in [6.45, 7) is 1.59. The van der Waals surface area contributed by atoms with Crippen molar-refractivity contribution in [1.82, 2.24) is 0 Å². The number of carbonyl (C=O) groups excluding carboxylic acids is 1. The normalized spacial score (nSPS) is 20.7. The van der Waals surface area contributed by atoms with Crippen molar-refractivity contribution in [2.45, 2.75) is 18.4 Å². The molecule has 1 spiro atoms. The van der Waals surface area contributed by atoms with Crippen LogP contribution >= 0.6 is 11.8 Å². The summed E-state index contributed by atoms with van der Waals surface area (Å²) < 4.78 is 5.40. The third-order valence-corrected chi connectivity index (χ3v) is 4.81.